The molecule has 1 heterocycles. The van der Waals surface area contributed by atoms with Gasteiger partial charge in [-0.3, -0.25) is 4.79 Å². The maximum atomic E-state index is 12.0. The van der Waals surface area contributed by atoms with Crippen molar-refractivity contribution in [2.24, 2.45) is 10.9 Å². The Morgan fingerprint density at radius 1 is 1.65 bits per heavy atom. The van der Waals surface area contributed by atoms with Gasteiger partial charge in [-0.1, -0.05) is 12.1 Å². The van der Waals surface area contributed by atoms with Crippen LogP contribution in [-0.4, -0.2) is 22.5 Å². The van der Waals surface area contributed by atoms with Crippen LogP contribution in [0.4, 0.5) is 0 Å². The van der Waals surface area contributed by atoms with Crippen molar-refractivity contribution in [3.8, 4) is 0 Å². The molecule has 0 saturated heterocycles. The molecule has 0 aliphatic carbocycles. The fourth-order valence-electron chi connectivity index (χ4n) is 1.36. The molecule has 0 aromatic carbocycles. The molecule has 1 rings (SSSR count). The van der Waals surface area contributed by atoms with E-state index in [4.69, 9.17) is 15.4 Å². The Morgan fingerprint density at radius 2 is 2.29 bits per heavy atom. The Balaban J connectivity index is 2.87. The van der Waals surface area contributed by atoms with Gasteiger partial charge in [0.25, 0.3) is 5.91 Å². The molecule has 17 heavy (non-hydrogen) atoms. The summed E-state index contributed by atoms with van der Waals surface area (Å²) in [6, 6.07) is 1.59. The maximum absolute atomic E-state index is 12.0. The topological polar surface area (TPSA) is 101 Å². The van der Waals surface area contributed by atoms with Gasteiger partial charge in [-0.15, -0.1) is 0 Å². The summed E-state index contributed by atoms with van der Waals surface area (Å²) < 4.78 is 5.16. The van der Waals surface area contributed by atoms with Crippen molar-refractivity contribution in [1.29, 1.82) is 0 Å². The number of carbonyl (C=O) groups is 1. The maximum Gasteiger partial charge on any atom is 0.255 e. The molecule has 6 heteroatoms. The van der Waals surface area contributed by atoms with Gasteiger partial charge in [0.2, 0.25) is 0 Å². The van der Waals surface area contributed by atoms with E-state index in [2.05, 4.69) is 10.5 Å². The average molecular weight is 239 g/mol. The largest absolute Gasteiger partial charge is 0.469 e. The minimum atomic E-state index is -0.923. The van der Waals surface area contributed by atoms with Crippen LogP contribution in [0.5, 0.6) is 0 Å². The molecule has 0 aliphatic heterocycles. The van der Waals surface area contributed by atoms with Gasteiger partial charge >= 0.3 is 0 Å². The lowest BCUT2D eigenvalue weighted by molar-refractivity contribution is 0.0929. The Hall–Kier alpha value is -1.98. The number of carbonyl (C=O) groups excluding carboxylic acids is 1. The number of hydrogen-bond acceptors (Lipinski definition) is 4. The van der Waals surface area contributed by atoms with E-state index in [0.717, 1.165) is 0 Å². The van der Waals surface area contributed by atoms with Gasteiger partial charge in [-0.25, -0.2) is 0 Å². The van der Waals surface area contributed by atoms with Crippen molar-refractivity contribution >= 4 is 11.7 Å². The molecule has 0 radical (unpaired) electrons. The zero-order valence-electron chi connectivity index (χ0n) is 10.2. The summed E-state index contributed by atoms with van der Waals surface area (Å²) in [6.07, 6.45) is 2.09. The second kappa shape index (κ2) is 4.90. The van der Waals surface area contributed by atoms with Crippen molar-refractivity contribution in [3.63, 3.8) is 0 Å². The van der Waals surface area contributed by atoms with Gasteiger partial charge in [-0.05, 0) is 19.9 Å². The van der Waals surface area contributed by atoms with Gasteiger partial charge in [-0.2, -0.15) is 0 Å². The van der Waals surface area contributed by atoms with Crippen LogP contribution in [-0.2, 0) is 6.42 Å². The SMILES string of the molecule is CCc1occc1C(=O)NC(C)(C)/C(N)=N/O. The molecular weight excluding hydrogens is 222 g/mol. The lowest BCUT2D eigenvalue weighted by Crippen LogP contribution is -2.53. The first kappa shape index (κ1) is 13.1. The van der Waals surface area contributed by atoms with E-state index >= 15 is 0 Å². The van der Waals surface area contributed by atoms with Crippen molar-refractivity contribution in [1.82, 2.24) is 5.32 Å². The molecule has 0 unspecified atom stereocenters. The second-order valence-electron chi connectivity index (χ2n) is 4.18. The number of nitrogens with two attached hydrogens (primary N) is 1. The summed E-state index contributed by atoms with van der Waals surface area (Å²) in [5, 5.41) is 14.2. The lowest BCUT2D eigenvalue weighted by atomic mass is 10.0. The van der Waals surface area contributed by atoms with Crippen LogP contribution in [0, 0.1) is 0 Å². The Morgan fingerprint density at radius 3 is 2.82 bits per heavy atom. The predicted octanol–water partition coefficient (Wildman–Crippen LogP) is 1.10. The van der Waals surface area contributed by atoms with Gasteiger partial charge in [0, 0.05) is 6.42 Å². The number of nitrogens with one attached hydrogen (secondary N) is 1. The highest BCUT2D eigenvalue weighted by molar-refractivity contribution is 6.00. The molecule has 1 aromatic heterocycles. The van der Waals surface area contributed by atoms with Crippen LogP contribution in [0.1, 0.15) is 36.9 Å². The molecule has 0 spiro atoms. The first-order valence-corrected chi connectivity index (χ1v) is 5.29. The fourth-order valence-corrected chi connectivity index (χ4v) is 1.36. The van der Waals surface area contributed by atoms with Crippen LogP contribution in [0.3, 0.4) is 0 Å². The van der Waals surface area contributed by atoms with E-state index < -0.39 is 5.54 Å². The lowest BCUT2D eigenvalue weighted by Gasteiger charge is -2.24. The van der Waals surface area contributed by atoms with Gasteiger partial charge in [0.05, 0.1) is 17.4 Å². The molecule has 1 aromatic rings. The molecule has 0 atom stereocenters. The van der Waals surface area contributed by atoms with Crippen LogP contribution in [0.15, 0.2) is 21.9 Å². The number of amides is 1. The highest BCUT2D eigenvalue weighted by atomic mass is 16.4. The summed E-state index contributed by atoms with van der Waals surface area (Å²) >= 11 is 0. The number of rotatable bonds is 4. The third-order valence-electron chi connectivity index (χ3n) is 2.49. The monoisotopic (exact) mass is 239 g/mol. The van der Waals surface area contributed by atoms with Crippen molar-refractivity contribution in [2.75, 3.05) is 0 Å². The zero-order valence-corrected chi connectivity index (χ0v) is 10.2. The number of amidine groups is 1. The van der Waals surface area contributed by atoms with Gasteiger partial charge in [0.15, 0.2) is 5.84 Å². The quantitative estimate of drug-likeness (QED) is 0.317. The predicted molar refractivity (Wildman–Crippen MR) is 63.0 cm³/mol. The Kier molecular flexibility index (Phi) is 3.77. The molecular formula is C11H17N3O3. The standard InChI is InChI=1S/C11H17N3O3/c1-4-8-7(5-6-17-8)9(15)13-11(2,3)10(12)14-16/h5-6,16H,4H2,1-3H3,(H2,12,14)(H,13,15). The summed E-state index contributed by atoms with van der Waals surface area (Å²) in [7, 11) is 0. The summed E-state index contributed by atoms with van der Waals surface area (Å²) in [5.41, 5.74) is 5.03. The molecule has 0 saturated carbocycles. The highest BCUT2D eigenvalue weighted by Gasteiger charge is 2.27. The van der Waals surface area contributed by atoms with Crippen LogP contribution in [0.25, 0.3) is 0 Å². The van der Waals surface area contributed by atoms with E-state index in [1.54, 1.807) is 19.9 Å². The molecule has 4 N–H and O–H groups in total. The second-order valence-corrected chi connectivity index (χ2v) is 4.18. The van der Waals surface area contributed by atoms with Crippen molar-refractivity contribution < 1.29 is 14.4 Å². The van der Waals surface area contributed by atoms with Gasteiger partial charge in [0.1, 0.15) is 5.76 Å². The van der Waals surface area contributed by atoms with Crippen molar-refractivity contribution in [3.05, 3.63) is 23.7 Å². The molecule has 6 nitrogen and oxygen atoms in total. The highest BCUT2D eigenvalue weighted by Crippen LogP contribution is 2.13. The van der Waals surface area contributed by atoms with Crippen LogP contribution >= 0.6 is 0 Å². The van der Waals surface area contributed by atoms with Crippen molar-refractivity contribution in [2.45, 2.75) is 32.7 Å². The van der Waals surface area contributed by atoms with E-state index in [9.17, 15) is 4.79 Å². The van der Waals surface area contributed by atoms with Crippen LogP contribution in [0.2, 0.25) is 0 Å². The number of furan rings is 1. The average Bonchev–Trinajstić information content (AvgIpc) is 2.75. The van der Waals surface area contributed by atoms with E-state index in [0.29, 0.717) is 17.7 Å². The zero-order chi connectivity index (χ0) is 13.1. The molecule has 0 fully saturated rings. The summed E-state index contributed by atoms with van der Waals surface area (Å²) in [4.78, 5) is 12.0. The van der Waals surface area contributed by atoms with Crippen LogP contribution < -0.4 is 11.1 Å². The molecule has 1 amide bonds. The number of oxime groups is 1. The number of aryl methyl sites for hydroxylation is 1. The minimum absolute atomic E-state index is 0.0626. The minimum Gasteiger partial charge on any atom is -0.469 e. The Bertz CT molecular complexity index is 435. The number of nitrogens with zero attached hydrogens (tertiary/aromatic N) is 1. The van der Waals surface area contributed by atoms with E-state index in [1.807, 2.05) is 6.92 Å². The smallest absolute Gasteiger partial charge is 0.255 e. The van der Waals surface area contributed by atoms with E-state index in [1.165, 1.54) is 6.26 Å². The third kappa shape index (κ3) is 2.77. The normalized spacial score (nSPS) is 12.5. The van der Waals surface area contributed by atoms with Gasteiger partial charge < -0.3 is 20.7 Å². The third-order valence-corrected chi connectivity index (χ3v) is 2.49. The first-order chi connectivity index (χ1) is 7.92. The molecule has 94 valence electrons. The number of hydrogen-bond donors (Lipinski definition) is 3. The summed E-state index contributed by atoms with van der Waals surface area (Å²) in [6.45, 7) is 5.18. The first-order valence-electron chi connectivity index (χ1n) is 5.29. The fraction of sp³-hybridized carbons (Fsp3) is 0.455. The van der Waals surface area contributed by atoms with E-state index in [-0.39, 0.29) is 11.7 Å². The summed E-state index contributed by atoms with van der Waals surface area (Å²) in [5.74, 6) is 0.234. The Labute approximate surface area is 99.5 Å². The molecule has 0 bridgehead atoms. The molecule has 0 aliphatic rings.